The summed E-state index contributed by atoms with van der Waals surface area (Å²) >= 11 is 0. The molecule has 0 bridgehead atoms. The largest absolute Gasteiger partial charge is 0.468 e. The van der Waals surface area contributed by atoms with Crippen molar-refractivity contribution in [3.63, 3.8) is 0 Å². The Morgan fingerprint density at radius 2 is 2.36 bits per heavy atom. The van der Waals surface area contributed by atoms with Crippen molar-refractivity contribution in [3.05, 3.63) is 24.2 Å². The molecule has 1 fully saturated rings. The molecule has 0 amide bonds. The van der Waals surface area contributed by atoms with Crippen LogP contribution < -0.4 is 5.32 Å². The number of hydrogen-bond donors (Lipinski definition) is 1. The minimum absolute atomic E-state index is 0.0922. The SMILES string of the molecule is CC1CS(=O)C(C)C(c2ccco2)N1. The maximum atomic E-state index is 11.7. The van der Waals surface area contributed by atoms with Gasteiger partial charge in [0.1, 0.15) is 5.76 Å². The van der Waals surface area contributed by atoms with Gasteiger partial charge in [0.25, 0.3) is 0 Å². The molecule has 2 rings (SSSR count). The molecule has 1 aliphatic heterocycles. The minimum atomic E-state index is -0.752. The van der Waals surface area contributed by atoms with E-state index >= 15 is 0 Å². The van der Waals surface area contributed by atoms with Crippen LogP contribution in [0, 0.1) is 0 Å². The Bertz CT molecular complexity index is 323. The highest BCUT2D eigenvalue weighted by Gasteiger charge is 2.32. The van der Waals surface area contributed by atoms with E-state index in [1.54, 1.807) is 6.26 Å². The van der Waals surface area contributed by atoms with Gasteiger partial charge in [-0.25, -0.2) is 0 Å². The van der Waals surface area contributed by atoms with E-state index in [1.807, 2.05) is 19.1 Å². The van der Waals surface area contributed by atoms with E-state index in [-0.39, 0.29) is 11.3 Å². The van der Waals surface area contributed by atoms with Gasteiger partial charge in [-0.3, -0.25) is 4.21 Å². The third-order valence-electron chi connectivity index (χ3n) is 2.61. The summed E-state index contributed by atoms with van der Waals surface area (Å²) in [7, 11) is -0.752. The molecule has 0 spiro atoms. The zero-order valence-corrected chi connectivity index (χ0v) is 9.21. The predicted octanol–water partition coefficient (Wildman–Crippen LogP) is 1.45. The standard InChI is InChI=1S/C10H15NO2S/c1-7-6-14(12)8(2)10(11-7)9-4-3-5-13-9/h3-5,7-8,10-11H,6H2,1-2H3. The molecule has 1 aliphatic rings. The zero-order chi connectivity index (χ0) is 10.1. The third kappa shape index (κ3) is 1.77. The van der Waals surface area contributed by atoms with Crippen molar-refractivity contribution >= 4 is 10.8 Å². The van der Waals surface area contributed by atoms with Gasteiger partial charge in [-0.15, -0.1) is 0 Å². The molecule has 0 radical (unpaired) electrons. The van der Waals surface area contributed by atoms with Crippen molar-refractivity contribution in [1.82, 2.24) is 5.32 Å². The highest BCUT2D eigenvalue weighted by molar-refractivity contribution is 7.85. The number of rotatable bonds is 1. The summed E-state index contributed by atoms with van der Waals surface area (Å²) < 4.78 is 17.1. The van der Waals surface area contributed by atoms with Crippen LogP contribution in [0.25, 0.3) is 0 Å². The molecule has 4 atom stereocenters. The van der Waals surface area contributed by atoms with Gasteiger partial charge in [-0.2, -0.15) is 0 Å². The second kappa shape index (κ2) is 3.87. The number of furan rings is 1. The maximum absolute atomic E-state index is 11.7. The van der Waals surface area contributed by atoms with Crippen LogP contribution in [0.15, 0.2) is 22.8 Å². The summed E-state index contributed by atoms with van der Waals surface area (Å²) in [5.41, 5.74) is 0. The molecule has 3 nitrogen and oxygen atoms in total. The lowest BCUT2D eigenvalue weighted by Crippen LogP contribution is -2.47. The summed E-state index contributed by atoms with van der Waals surface area (Å²) in [5, 5.41) is 3.53. The first-order chi connectivity index (χ1) is 6.68. The molecular weight excluding hydrogens is 198 g/mol. The lowest BCUT2D eigenvalue weighted by Gasteiger charge is -2.32. The van der Waals surface area contributed by atoms with Crippen molar-refractivity contribution in [2.24, 2.45) is 0 Å². The summed E-state index contributed by atoms with van der Waals surface area (Å²) in [6.07, 6.45) is 1.66. The molecule has 2 heterocycles. The normalized spacial score (nSPS) is 38.4. The lowest BCUT2D eigenvalue weighted by molar-refractivity contribution is 0.373. The van der Waals surface area contributed by atoms with Crippen molar-refractivity contribution < 1.29 is 8.63 Å². The first kappa shape index (κ1) is 9.93. The molecule has 14 heavy (non-hydrogen) atoms. The Morgan fingerprint density at radius 3 is 3.00 bits per heavy atom. The van der Waals surface area contributed by atoms with E-state index < -0.39 is 10.8 Å². The summed E-state index contributed by atoms with van der Waals surface area (Å²) in [5.74, 6) is 1.62. The minimum Gasteiger partial charge on any atom is -0.468 e. The van der Waals surface area contributed by atoms with Crippen molar-refractivity contribution in [2.45, 2.75) is 31.2 Å². The van der Waals surface area contributed by atoms with Crippen LogP contribution in [0.3, 0.4) is 0 Å². The smallest absolute Gasteiger partial charge is 0.121 e. The first-order valence-electron chi connectivity index (χ1n) is 4.85. The van der Waals surface area contributed by atoms with Gasteiger partial charge in [0.15, 0.2) is 0 Å². The topological polar surface area (TPSA) is 42.2 Å². The number of hydrogen-bond acceptors (Lipinski definition) is 3. The van der Waals surface area contributed by atoms with Crippen LogP contribution in [-0.4, -0.2) is 21.3 Å². The van der Waals surface area contributed by atoms with Gasteiger partial charge in [-0.05, 0) is 26.0 Å². The third-order valence-corrected chi connectivity index (χ3v) is 4.54. The monoisotopic (exact) mass is 213 g/mol. The summed E-state index contributed by atoms with van der Waals surface area (Å²) in [6, 6.07) is 4.19. The van der Waals surface area contributed by atoms with Crippen molar-refractivity contribution in [3.8, 4) is 0 Å². The van der Waals surface area contributed by atoms with Crippen LogP contribution >= 0.6 is 0 Å². The Balaban J connectivity index is 2.21. The molecule has 1 aromatic rings. The van der Waals surface area contributed by atoms with E-state index in [0.717, 1.165) is 11.5 Å². The quantitative estimate of drug-likeness (QED) is 0.767. The fraction of sp³-hybridized carbons (Fsp3) is 0.600. The Labute approximate surface area is 86.3 Å². The molecule has 0 aromatic carbocycles. The van der Waals surface area contributed by atoms with Gasteiger partial charge in [0.05, 0.1) is 17.6 Å². The van der Waals surface area contributed by atoms with Gasteiger partial charge in [-0.1, -0.05) is 0 Å². The predicted molar refractivity (Wildman–Crippen MR) is 56.5 cm³/mol. The molecule has 4 unspecified atom stereocenters. The molecule has 0 saturated carbocycles. The molecule has 1 saturated heterocycles. The van der Waals surface area contributed by atoms with Crippen molar-refractivity contribution in [2.75, 3.05) is 5.75 Å². The maximum Gasteiger partial charge on any atom is 0.121 e. The Morgan fingerprint density at radius 1 is 1.57 bits per heavy atom. The average molecular weight is 213 g/mol. The molecule has 1 aromatic heterocycles. The highest BCUT2D eigenvalue weighted by atomic mass is 32.2. The van der Waals surface area contributed by atoms with E-state index in [2.05, 4.69) is 12.2 Å². The molecule has 78 valence electrons. The summed E-state index contributed by atoms with van der Waals surface area (Å²) in [4.78, 5) is 0. The van der Waals surface area contributed by atoms with Crippen LogP contribution in [0.1, 0.15) is 25.6 Å². The van der Waals surface area contributed by atoms with E-state index in [9.17, 15) is 4.21 Å². The fourth-order valence-corrected chi connectivity index (χ4v) is 3.23. The summed E-state index contributed by atoms with van der Waals surface area (Å²) in [6.45, 7) is 4.06. The molecule has 1 N–H and O–H groups in total. The molecule has 4 heteroatoms. The Hall–Kier alpha value is -0.610. The zero-order valence-electron chi connectivity index (χ0n) is 8.40. The van der Waals surface area contributed by atoms with Gasteiger partial charge in [0.2, 0.25) is 0 Å². The van der Waals surface area contributed by atoms with E-state index in [4.69, 9.17) is 4.42 Å². The van der Waals surface area contributed by atoms with Gasteiger partial charge in [0, 0.05) is 22.6 Å². The fourth-order valence-electron chi connectivity index (χ4n) is 1.82. The van der Waals surface area contributed by atoms with Crippen LogP contribution in [0.2, 0.25) is 0 Å². The van der Waals surface area contributed by atoms with E-state index in [0.29, 0.717) is 6.04 Å². The Kier molecular flexibility index (Phi) is 2.74. The second-order valence-corrected chi connectivity index (χ2v) is 5.65. The van der Waals surface area contributed by atoms with Gasteiger partial charge < -0.3 is 9.73 Å². The highest BCUT2D eigenvalue weighted by Crippen LogP contribution is 2.25. The van der Waals surface area contributed by atoms with E-state index in [1.165, 1.54) is 0 Å². The lowest BCUT2D eigenvalue weighted by atomic mass is 10.1. The molecular formula is C10H15NO2S. The second-order valence-electron chi connectivity index (χ2n) is 3.81. The van der Waals surface area contributed by atoms with Crippen LogP contribution in [0.4, 0.5) is 0 Å². The number of nitrogens with one attached hydrogen (secondary N) is 1. The van der Waals surface area contributed by atoms with Crippen LogP contribution in [-0.2, 0) is 10.8 Å². The first-order valence-corrected chi connectivity index (χ1v) is 6.23. The van der Waals surface area contributed by atoms with Crippen LogP contribution in [0.5, 0.6) is 0 Å². The van der Waals surface area contributed by atoms with Gasteiger partial charge >= 0.3 is 0 Å². The van der Waals surface area contributed by atoms with Crippen molar-refractivity contribution in [1.29, 1.82) is 0 Å². The average Bonchev–Trinajstić information content (AvgIpc) is 2.63. The molecule has 0 aliphatic carbocycles.